The van der Waals surface area contributed by atoms with Crippen LogP contribution in [0, 0.1) is 6.92 Å². The molecule has 2 aromatic carbocycles. The highest BCUT2D eigenvalue weighted by Gasteiger charge is 2.17. The summed E-state index contributed by atoms with van der Waals surface area (Å²) in [5.74, 6) is 0. The topological polar surface area (TPSA) is 102 Å². The Labute approximate surface area is 156 Å². The molecule has 1 aromatic heterocycles. The van der Waals surface area contributed by atoms with E-state index in [-0.39, 0.29) is 23.7 Å². The van der Waals surface area contributed by atoms with Gasteiger partial charge in [-0.1, -0.05) is 29.8 Å². The van der Waals surface area contributed by atoms with Crippen LogP contribution in [0.2, 0.25) is 0 Å². The van der Waals surface area contributed by atoms with Crippen LogP contribution in [0.25, 0.3) is 11.0 Å². The molecular formula is C18H20N4O4S. The zero-order valence-electron chi connectivity index (χ0n) is 15.0. The molecule has 3 rings (SSSR count). The van der Waals surface area contributed by atoms with Gasteiger partial charge in [0.2, 0.25) is 0 Å². The van der Waals surface area contributed by atoms with Crippen molar-refractivity contribution < 1.29 is 13.2 Å². The second kappa shape index (κ2) is 7.28. The van der Waals surface area contributed by atoms with Gasteiger partial charge in [-0.2, -0.15) is 0 Å². The molecule has 0 atom stereocenters. The molecule has 0 bridgehead atoms. The number of para-hydroxylation sites is 2. The second-order valence-electron chi connectivity index (χ2n) is 6.16. The van der Waals surface area contributed by atoms with Crippen molar-refractivity contribution >= 4 is 27.1 Å². The van der Waals surface area contributed by atoms with E-state index in [4.69, 9.17) is 0 Å². The predicted octanol–water partition coefficient (Wildman–Crippen LogP) is 1.34. The van der Waals surface area contributed by atoms with Crippen molar-refractivity contribution in [3.05, 3.63) is 64.6 Å². The highest BCUT2D eigenvalue weighted by atomic mass is 32.2. The van der Waals surface area contributed by atoms with E-state index in [1.165, 1.54) is 21.3 Å². The molecule has 0 aliphatic rings. The lowest BCUT2D eigenvalue weighted by Crippen LogP contribution is -2.41. The van der Waals surface area contributed by atoms with E-state index in [1.807, 2.05) is 35.9 Å². The molecule has 9 heteroatoms. The first-order valence-electron chi connectivity index (χ1n) is 8.31. The van der Waals surface area contributed by atoms with E-state index in [0.717, 1.165) is 16.6 Å². The summed E-state index contributed by atoms with van der Waals surface area (Å²) in [5.41, 5.74) is 2.25. The van der Waals surface area contributed by atoms with E-state index in [0.29, 0.717) is 0 Å². The summed E-state index contributed by atoms with van der Waals surface area (Å²) in [6.07, 6.45) is 0. The molecule has 3 aromatic rings. The smallest absolute Gasteiger partial charge is 0.328 e. The van der Waals surface area contributed by atoms with Gasteiger partial charge in [0.05, 0.1) is 15.9 Å². The number of urea groups is 1. The second-order valence-corrected chi connectivity index (χ2v) is 7.84. The zero-order valence-corrected chi connectivity index (χ0v) is 15.8. The summed E-state index contributed by atoms with van der Waals surface area (Å²) in [5, 5.41) is 2.47. The van der Waals surface area contributed by atoms with Crippen LogP contribution in [-0.2, 0) is 23.6 Å². The third kappa shape index (κ3) is 3.87. The van der Waals surface area contributed by atoms with E-state index < -0.39 is 16.1 Å². The van der Waals surface area contributed by atoms with Crippen molar-refractivity contribution in [1.29, 1.82) is 0 Å². The van der Waals surface area contributed by atoms with Crippen molar-refractivity contribution in [3.63, 3.8) is 0 Å². The molecule has 0 aliphatic carbocycles. The van der Waals surface area contributed by atoms with Crippen molar-refractivity contribution in [2.24, 2.45) is 7.05 Å². The fourth-order valence-electron chi connectivity index (χ4n) is 2.79. The number of hydrogen-bond acceptors (Lipinski definition) is 4. The number of nitrogens with one attached hydrogen (secondary N) is 2. The number of sulfonamides is 1. The maximum atomic E-state index is 12.3. The van der Waals surface area contributed by atoms with Gasteiger partial charge in [-0.25, -0.2) is 22.7 Å². The Morgan fingerprint density at radius 1 is 1.04 bits per heavy atom. The van der Waals surface area contributed by atoms with Gasteiger partial charge in [0.25, 0.3) is 10.0 Å². The number of aromatic nitrogens is 2. The van der Waals surface area contributed by atoms with Gasteiger partial charge >= 0.3 is 11.7 Å². The number of amides is 2. The largest absolute Gasteiger partial charge is 0.336 e. The van der Waals surface area contributed by atoms with Crippen LogP contribution in [0.4, 0.5) is 4.79 Å². The summed E-state index contributed by atoms with van der Waals surface area (Å²) in [7, 11) is -2.27. The molecular weight excluding hydrogens is 368 g/mol. The van der Waals surface area contributed by atoms with E-state index in [2.05, 4.69) is 5.32 Å². The highest BCUT2D eigenvalue weighted by Crippen LogP contribution is 2.11. The van der Waals surface area contributed by atoms with E-state index >= 15 is 0 Å². The zero-order chi connectivity index (χ0) is 19.6. The van der Waals surface area contributed by atoms with Crippen LogP contribution in [0.15, 0.2) is 58.2 Å². The SMILES string of the molecule is Cc1ccc(S(=O)(=O)NC(=O)NCCn2c(=O)n(C)c3ccccc32)cc1. The molecule has 0 radical (unpaired) electrons. The standard InChI is InChI=1S/C18H20N4O4S/c1-13-7-9-14(10-8-13)27(25,26)20-17(23)19-11-12-22-16-6-4-3-5-15(16)21(2)18(22)24/h3-10H,11-12H2,1-2H3,(H2,19,20,23). The van der Waals surface area contributed by atoms with Crippen LogP contribution in [-0.4, -0.2) is 30.1 Å². The first kappa shape index (κ1) is 18.7. The minimum Gasteiger partial charge on any atom is -0.336 e. The maximum Gasteiger partial charge on any atom is 0.328 e. The minimum absolute atomic E-state index is 0.00789. The van der Waals surface area contributed by atoms with E-state index in [9.17, 15) is 18.0 Å². The number of imidazole rings is 1. The molecule has 27 heavy (non-hydrogen) atoms. The average molecular weight is 388 g/mol. The number of rotatable bonds is 5. The first-order chi connectivity index (χ1) is 12.8. The third-order valence-corrected chi connectivity index (χ3v) is 5.58. The fraction of sp³-hybridized carbons (Fsp3) is 0.222. The van der Waals surface area contributed by atoms with Gasteiger partial charge in [-0.15, -0.1) is 0 Å². The molecule has 0 aliphatic heterocycles. The number of aryl methyl sites for hydroxylation is 2. The van der Waals surface area contributed by atoms with Crippen molar-refractivity contribution in [2.75, 3.05) is 6.54 Å². The fourth-order valence-corrected chi connectivity index (χ4v) is 3.72. The third-order valence-electron chi connectivity index (χ3n) is 4.23. The van der Waals surface area contributed by atoms with Gasteiger partial charge < -0.3 is 5.32 Å². The van der Waals surface area contributed by atoms with Crippen LogP contribution in [0.3, 0.4) is 0 Å². The summed E-state index contributed by atoms with van der Waals surface area (Å²) >= 11 is 0. The van der Waals surface area contributed by atoms with Crippen LogP contribution in [0.5, 0.6) is 0 Å². The maximum absolute atomic E-state index is 12.3. The summed E-state index contributed by atoms with van der Waals surface area (Å²) in [4.78, 5) is 24.3. The molecule has 0 fully saturated rings. The van der Waals surface area contributed by atoms with Crippen molar-refractivity contribution in [3.8, 4) is 0 Å². The van der Waals surface area contributed by atoms with Gasteiger partial charge in [-0.05, 0) is 31.2 Å². The van der Waals surface area contributed by atoms with Crippen LogP contribution in [0.1, 0.15) is 5.56 Å². The monoisotopic (exact) mass is 388 g/mol. The molecule has 2 amide bonds. The number of fused-ring (bicyclic) bond motifs is 1. The Morgan fingerprint density at radius 3 is 2.33 bits per heavy atom. The molecule has 1 heterocycles. The quantitative estimate of drug-likeness (QED) is 0.688. The summed E-state index contributed by atoms with van der Waals surface area (Å²) in [6.45, 7) is 2.16. The minimum atomic E-state index is -3.94. The molecule has 0 saturated carbocycles. The number of carbonyl (C=O) groups is 1. The lowest BCUT2D eigenvalue weighted by molar-refractivity contribution is 0.245. The lowest BCUT2D eigenvalue weighted by Gasteiger charge is -2.09. The van der Waals surface area contributed by atoms with E-state index in [1.54, 1.807) is 19.2 Å². The Morgan fingerprint density at radius 2 is 1.67 bits per heavy atom. The Hall–Kier alpha value is -3.07. The number of nitrogens with zero attached hydrogens (tertiary/aromatic N) is 2. The Bertz CT molecular complexity index is 1140. The van der Waals surface area contributed by atoms with Crippen LogP contribution < -0.4 is 15.7 Å². The van der Waals surface area contributed by atoms with Gasteiger partial charge in [0, 0.05) is 20.1 Å². The number of hydrogen-bond donors (Lipinski definition) is 2. The van der Waals surface area contributed by atoms with Gasteiger partial charge in [-0.3, -0.25) is 9.13 Å². The molecule has 0 spiro atoms. The molecule has 8 nitrogen and oxygen atoms in total. The average Bonchev–Trinajstić information content (AvgIpc) is 2.87. The molecule has 2 N–H and O–H groups in total. The summed E-state index contributed by atoms with van der Waals surface area (Å²) < 4.78 is 29.4. The molecule has 0 unspecified atom stereocenters. The number of benzene rings is 2. The summed E-state index contributed by atoms with van der Waals surface area (Å²) in [6, 6.07) is 12.6. The first-order valence-corrected chi connectivity index (χ1v) is 9.79. The lowest BCUT2D eigenvalue weighted by atomic mass is 10.2. The molecule has 142 valence electrons. The van der Waals surface area contributed by atoms with Gasteiger partial charge in [0.15, 0.2) is 0 Å². The highest BCUT2D eigenvalue weighted by molar-refractivity contribution is 7.90. The number of carbonyl (C=O) groups excluding carboxylic acids is 1. The Kier molecular flexibility index (Phi) is 5.04. The van der Waals surface area contributed by atoms with Gasteiger partial charge in [0.1, 0.15) is 0 Å². The van der Waals surface area contributed by atoms with Crippen LogP contribution >= 0.6 is 0 Å². The van der Waals surface area contributed by atoms with Crippen molar-refractivity contribution in [1.82, 2.24) is 19.2 Å². The molecule has 0 saturated heterocycles. The normalized spacial score (nSPS) is 11.5. The van der Waals surface area contributed by atoms with Crippen molar-refractivity contribution in [2.45, 2.75) is 18.4 Å². The Balaban J connectivity index is 1.64. The predicted molar refractivity (Wildman–Crippen MR) is 102 cm³/mol.